The van der Waals surface area contributed by atoms with Crippen molar-refractivity contribution in [2.75, 3.05) is 19.8 Å². The van der Waals surface area contributed by atoms with Crippen LogP contribution < -0.4 is 0 Å². The van der Waals surface area contributed by atoms with Gasteiger partial charge in [-0.3, -0.25) is 4.79 Å². The number of benzene rings is 1. The molecule has 1 aromatic rings. The van der Waals surface area contributed by atoms with Gasteiger partial charge in [-0.1, -0.05) is 12.1 Å². The molecule has 2 rings (SSSR count). The Morgan fingerprint density at radius 3 is 3.12 bits per heavy atom. The number of morpholine rings is 1. The maximum atomic E-state index is 13.0. The zero-order valence-electron chi connectivity index (χ0n) is 9.86. The molecule has 0 N–H and O–H groups in total. The van der Waals surface area contributed by atoms with Crippen LogP contribution in [0.2, 0.25) is 0 Å². The Hall–Kier alpha value is -1.42. The van der Waals surface area contributed by atoms with E-state index in [1.165, 1.54) is 12.1 Å². The van der Waals surface area contributed by atoms with Crippen LogP contribution in [0.15, 0.2) is 24.3 Å². The number of nitrogens with zero attached hydrogens (tertiary/aromatic N) is 1. The highest BCUT2D eigenvalue weighted by Crippen LogP contribution is 2.11. The predicted octanol–water partition coefficient (Wildman–Crippen LogP) is 1.62. The summed E-state index contributed by atoms with van der Waals surface area (Å²) in [6.07, 6.45) is 0.252. The zero-order chi connectivity index (χ0) is 12.3. The van der Waals surface area contributed by atoms with Crippen molar-refractivity contribution in [3.05, 3.63) is 35.6 Å². The van der Waals surface area contributed by atoms with Crippen LogP contribution in [0, 0.1) is 5.82 Å². The summed E-state index contributed by atoms with van der Waals surface area (Å²) in [4.78, 5) is 13.8. The predicted molar refractivity (Wildman–Crippen MR) is 62.1 cm³/mol. The Bertz CT molecular complexity index is 408. The number of hydrogen-bond acceptors (Lipinski definition) is 2. The Balaban J connectivity index is 2.01. The van der Waals surface area contributed by atoms with Gasteiger partial charge in [0.25, 0.3) is 0 Å². The summed E-state index contributed by atoms with van der Waals surface area (Å²) in [5, 5.41) is 0. The molecule has 0 aromatic heterocycles. The number of amides is 1. The number of rotatable bonds is 2. The van der Waals surface area contributed by atoms with Gasteiger partial charge in [-0.25, -0.2) is 4.39 Å². The Morgan fingerprint density at radius 1 is 1.59 bits per heavy atom. The molecule has 1 fully saturated rings. The third-order valence-electron chi connectivity index (χ3n) is 2.93. The Kier molecular flexibility index (Phi) is 3.74. The first kappa shape index (κ1) is 12.0. The molecule has 1 heterocycles. The molecule has 1 saturated heterocycles. The van der Waals surface area contributed by atoms with Crippen molar-refractivity contribution in [3.8, 4) is 0 Å². The van der Waals surface area contributed by atoms with Crippen LogP contribution in [0.5, 0.6) is 0 Å². The van der Waals surface area contributed by atoms with E-state index in [4.69, 9.17) is 4.74 Å². The summed E-state index contributed by atoms with van der Waals surface area (Å²) in [7, 11) is 0. The second kappa shape index (κ2) is 5.27. The fourth-order valence-electron chi connectivity index (χ4n) is 2.02. The molecule has 0 bridgehead atoms. The zero-order valence-corrected chi connectivity index (χ0v) is 9.86. The van der Waals surface area contributed by atoms with Crippen molar-refractivity contribution in [2.24, 2.45) is 0 Å². The molecule has 0 saturated carbocycles. The lowest BCUT2D eigenvalue weighted by Gasteiger charge is -2.33. The maximum Gasteiger partial charge on any atom is 0.227 e. The van der Waals surface area contributed by atoms with E-state index in [9.17, 15) is 9.18 Å². The van der Waals surface area contributed by atoms with E-state index in [0.29, 0.717) is 25.3 Å². The van der Waals surface area contributed by atoms with Crippen LogP contribution in [0.4, 0.5) is 4.39 Å². The van der Waals surface area contributed by atoms with E-state index < -0.39 is 0 Å². The van der Waals surface area contributed by atoms with Gasteiger partial charge in [-0.2, -0.15) is 0 Å². The van der Waals surface area contributed by atoms with E-state index in [1.807, 2.05) is 6.92 Å². The number of halogens is 1. The molecule has 17 heavy (non-hydrogen) atoms. The number of ether oxygens (including phenoxy) is 1. The topological polar surface area (TPSA) is 29.5 Å². The monoisotopic (exact) mass is 237 g/mol. The molecule has 0 aliphatic carbocycles. The maximum absolute atomic E-state index is 13.0. The Labute approximate surface area is 100 Å². The third kappa shape index (κ3) is 3.03. The molecule has 0 radical (unpaired) electrons. The largest absolute Gasteiger partial charge is 0.377 e. The van der Waals surface area contributed by atoms with Gasteiger partial charge in [0.2, 0.25) is 5.91 Å². The standard InChI is InChI=1S/C13H16FNO2/c1-10-9-17-6-5-15(10)13(16)8-11-3-2-4-12(14)7-11/h2-4,7,10H,5-6,8-9H2,1H3. The van der Waals surface area contributed by atoms with Crippen molar-refractivity contribution in [3.63, 3.8) is 0 Å². The molecule has 4 heteroatoms. The quantitative estimate of drug-likeness (QED) is 0.782. The van der Waals surface area contributed by atoms with Gasteiger partial charge >= 0.3 is 0 Å². The highest BCUT2D eigenvalue weighted by molar-refractivity contribution is 5.79. The molecule has 92 valence electrons. The minimum atomic E-state index is -0.301. The normalized spacial score (nSPS) is 20.4. The average molecular weight is 237 g/mol. The van der Waals surface area contributed by atoms with Crippen LogP contribution in [-0.4, -0.2) is 36.6 Å². The van der Waals surface area contributed by atoms with Crippen molar-refractivity contribution < 1.29 is 13.9 Å². The van der Waals surface area contributed by atoms with Crippen molar-refractivity contribution in [2.45, 2.75) is 19.4 Å². The molecule has 1 aliphatic heterocycles. The lowest BCUT2D eigenvalue weighted by Crippen LogP contribution is -2.47. The Morgan fingerprint density at radius 2 is 2.41 bits per heavy atom. The molecule has 1 atom stereocenters. The lowest BCUT2D eigenvalue weighted by atomic mass is 10.1. The van der Waals surface area contributed by atoms with Crippen LogP contribution in [0.1, 0.15) is 12.5 Å². The van der Waals surface area contributed by atoms with Crippen LogP contribution >= 0.6 is 0 Å². The van der Waals surface area contributed by atoms with Gasteiger partial charge in [0.05, 0.1) is 25.7 Å². The van der Waals surface area contributed by atoms with Gasteiger partial charge < -0.3 is 9.64 Å². The van der Waals surface area contributed by atoms with Gasteiger partial charge in [0.1, 0.15) is 5.82 Å². The minimum Gasteiger partial charge on any atom is -0.377 e. The summed E-state index contributed by atoms with van der Waals surface area (Å²) >= 11 is 0. The van der Waals surface area contributed by atoms with E-state index in [1.54, 1.807) is 17.0 Å². The smallest absolute Gasteiger partial charge is 0.227 e. The number of hydrogen-bond donors (Lipinski definition) is 0. The molecule has 1 aromatic carbocycles. The van der Waals surface area contributed by atoms with Crippen molar-refractivity contribution in [1.29, 1.82) is 0 Å². The number of carbonyl (C=O) groups excluding carboxylic acids is 1. The highest BCUT2D eigenvalue weighted by atomic mass is 19.1. The number of carbonyl (C=O) groups is 1. The molecule has 1 amide bonds. The first-order chi connectivity index (χ1) is 8.16. The fraction of sp³-hybridized carbons (Fsp3) is 0.462. The first-order valence-corrected chi connectivity index (χ1v) is 5.78. The summed E-state index contributed by atoms with van der Waals surface area (Å²) in [5.41, 5.74) is 0.716. The summed E-state index contributed by atoms with van der Waals surface area (Å²) in [5.74, 6) is -0.267. The van der Waals surface area contributed by atoms with Gasteiger partial charge in [-0.05, 0) is 24.6 Å². The molecule has 1 aliphatic rings. The molecular weight excluding hydrogens is 221 g/mol. The van der Waals surface area contributed by atoms with Crippen molar-refractivity contribution >= 4 is 5.91 Å². The SMILES string of the molecule is CC1COCCN1C(=O)Cc1cccc(F)c1. The second-order valence-corrected chi connectivity index (χ2v) is 4.32. The molecule has 3 nitrogen and oxygen atoms in total. The van der Waals surface area contributed by atoms with E-state index in [-0.39, 0.29) is 24.2 Å². The highest BCUT2D eigenvalue weighted by Gasteiger charge is 2.23. The average Bonchev–Trinajstić information content (AvgIpc) is 2.29. The van der Waals surface area contributed by atoms with Gasteiger partial charge in [-0.15, -0.1) is 0 Å². The lowest BCUT2D eigenvalue weighted by molar-refractivity contribution is -0.138. The van der Waals surface area contributed by atoms with Gasteiger partial charge in [0, 0.05) is 6.54 Å². The minimum absolute atomic E-state index is 0.0337. The van der Waals surface area contributed by atoms with Crippen LogP contribution in [-0.2, 0) is 16.0 Å². The molecule has 1 unspecified atom stereocenters. The second-order valence-electron chi connectivity index (χ2n) is 4.32. The summed E-state index contributed by atoms with van der Waals surface area (Å²) in [6.45, 7) is 3.74. The summed E-state index contributed by atoms with van der Waals surface area (Å²) < 4.78 is 18.3. The van der Waals surface area contributed by atoms with Crippen molar-refractivity contribution in [1.82, 2.24) is 4.90 Å². The third-order valence-corrected chi connectivity index (χ3v) is 2.93. The van der Waals surface area contributed by atoms with Crippen LogP contribution in [0.3, 0.4) is 0 Å². The van der Waals surface area contributed by atoms with E-state index in [2.05, 4.69) is 0 Å². The summed E-state index contributed by atoms with van der Waals surface area (Å²) in [6, 6.07) is 6.28. The fourth-order valence-corrected chi connectivity index (χ4v) is 2.02. The first-order valence-electron chi connectivity index (χ1n) is 5.78. The molecule has 0 spiro atoms. The van der Waals surface area contributed by atoms with Gasteiger partial charge in [0.15, 0.2) is 0 Å². The van der Waals surface area contributed by atoms with Crippen LogP contribution in [0.25, 0.3) is 0 Å². The van der Waals surface area contributed by atoms with E-state index in [0.717, 1.165) is 0 Å². The molecular formula is C13H16FNO2. The van der Waals surface area contributed by atoms with E-state index >= 15 is 0 Å².